The Morgan fingerprint density at radius 3 is 2.62 bits per heavy atom. The molecule has 1 saturated heterocycles. The smallest absolute Gasteiger partial charge is 0.310 e. The van der Waals surface area contributed by atoms with E-state index in [1.807, 2.05) is 0 Å². The van der Waals surface area contributed by atoms with Crippen molar-refractivity contribution in [1.82, 2.24) is 4.90 Å². The number of esters is 1. The van der Waals surface area contributed by atoms with Crippen LogP contribution in [0.5, 0.6) is 0 Å². The highest BCUT2D eigenvalue weighted by atomic mass is 32.2. The lowest BCUT2D eigenvalue weighted by atomic mass is 9.98. The minimum atomic E-state index is -3.47. The van der Waals surface area contributed by atoms with Gasteiger partial charge in [0.15, 0.2) is 9.84 Å². The van der Waals surface area contributed by atoms with E-state index >= 15 is 0 Å². The van der Waals surface area contributed by atoms with E-state index in [1.54, 1.807) is 30.0 Å². The number of carbonyl (C=O) groups excluding carboxylic acids is 2. The zero-order chi connectivity index (χ0) is 17.6. The number of amides is 1. The predicted octanol–water partition coefficient (Wildman–Crippen LogP) is 1.65. The first-order chi connectivity index (χ1) is 11.4. The van der Waals surface area contributed by atoms with Gasteiger partial charge in [0, 0.05) is 19.5 Å². The summed E-state index contributed by atoms with van der Waals surface area (Å²) in [5, 5.41) is 0. The highest BCUT2D eigenvalue weighted by Gasteiger charge is 2.29. The number of hydrogen-bond acceptors (Lipinski definition) is 5. The number of benzene rings is 1. The zero-order valence-corrected chi connectivity index (χ0v) is 14.6. The monoisotopic (exact) mass is 353 g/mol. The lowest BCUT2D eigenvalue weighted by Crippen LogP contribution is -2.43. The minimum Gasteiger partial charge on any atom is -0.466 e. The van der Waals surface area contributed by atoms with Crippen LogP contribution in [0.4, 0.5) is 0 Å². The molecule has 2 rings (SSSR count). The molecule has 0 saturated carbocycles. The minimum absolute atomic E-state index is 0.0766. The van der Waals surface area contributed by atoms with Crippen molar-refractivity contribution in [3.05, 3.63) is 30.3 Å². The largest absolute Gasteiger partial charge is 0.466 e. The van der Waals surface area contributed by atoms with Gasteiger partial charge in [0.1, 0.15) is 0 Å². The van der Waals surface area contributed by atoms with Crippen LogP contribution in [0.3, 0.4) is 0 Å². The molecule has 7 heteroatoms. The fourth-order valence-electron chi connectivity index (χ4n) is 2.78. The van der Waals surface area contributed by atoms with Crippen molar-refractivity contribution in [2.45, 2.75) is 31.1 Å². The van der Waals surface area contributed by atoms with Crippen LogP contribution in [-0.4, -0.2) is 50.6 Å². The average Bonchev–Trinajstić information content (AvgIpc) is 2.61. The molecule has 1 fully saturated rings. The molecule has 24 heavy (non-hydrogen) atoms. The first kappa shape index (κ1) is 18.4. The molecule has 0 aromatic heterocycles. The second kappa shape index (κ2) is 8.28. The Morgan fingerprint density at radius 1 is 1.25 bits per heavy atom. The van der Waals surface area contributed by atoms with E-state index in [0.717, 1.165) is 6.42 Å². The van der Waals surface area contributed by atoms with Gasteiger partial charge < -0.3 is 9.64 Å². The van der Waals surface area contributed by atoms with Crippen molar-refractivity contribution in [2.24, 2.45) is 5.92 Å². The Bertz CT molecular complexity index is 671. The molecular weight excluding hydrogens is 330 g/mol. The van der Waals surface area contributed by atoms with Gasteiger partial charge in [0.05, 0.1) is 23.2 Å². The van der Waals surface area contributed by atoms with Gasteiger partial charge in [-0.2, -0.15) is 0 Å². The summed E-state index contributed by atoms with van der Waals surface area (Å²) in [6, 6.07) is 8.11. The van der Waals surface area contributed by atoms with Crippen molar-refractivity contribution in [1.29, 1.82) is 0 Å². The third-order valence-electron chi connectivity index (χ3n) is 4.08. The number of sulfone groups is 1. The molecule has 0 radical (unpaired) electrons. The molecule has 0 N–H and O–H groups in total. The summed E-state index contributed by atoms with van der Waals surface area (Å²) in [6.07, 6.45) is 1.35. The molecule has 1 unspecified atom stereocenters. The van der Waals surface area contributed by atoms with Gasteiger partial charge in [0.2, 0.25) is 5.91 Å². The molecule has 1 amide bonds. The first-order valence-corrected chi connectivity index (χ1v) is 9.81. The second-order valence-corrected chi connectivity index (χ2v) is 7.92. The van der Waals surface area contributed by atoms with E-state index in [-0.39, 0.29) is 34.9 Å². The normalized spacial score (nSPS) is 18.2. The third-order valence-corrected chi connectivity index (χ3v) is 5.81. The fourth-order valence-corrected chi connectivity index (χ4v) is 4.03. The molecule has 1 aliphatic heterocycles. The standard InChI is InChI=1S/C17H23NO5S/c1-2-23-17(20)14-7-6-11-18(13-14)16(19)10-12-24(21,22)15-8-4-3-5-9-15/h3-5,8-9,14H,2,6-7,10-13H2,1H3. The first-order valence-electron chi connectivity index (χ1n) is 8.16. The maximum Gasteiger partial charge on any atom is 0.310 e. The van der Waals surface area contributed by atoms with Crippen LogP contribution < -0.4 is 0 Å². The number of hydrogen-bond donors (Lipinski definition) is 0. The topological polar surface area (TPSA) is 80.8 Å². The third kappa shape index (κ3) is 4.80. The van der Waals surface area contributed by atoms with Gasteiger partial charge in [0.25, 0.3) is 0 Å². The van der Waals surface area contributed by atoms with Crippen LogP contribution in [-0.2, 0) is 24.2 Å². The van der Waals surface area contributed by atoms with Crippen LogP contribution in [0, 0.1) is 5.92 Å². The number of ether oxygens (including phenoxy) is 1. The Hall–Kier alpha value is -1.89. The number of likely N-dealkylation sites (tertiary alicyclic amines) is 1. The van der Waals surface area contributed by atoms with Gasteiger partial charge >= 0.3 is 5.97 Å². The van der Waals surface area contributed by atoms with Crippen LogP contribution in [0.1, 0.15) is 26.2 Å². The quantitative estimate of drug-likeness (QED) is 0.727. The van der Waals surface area contributed by atoms with Gasteiger partial charge in [-0.3, -0.25) is 9.59 Å². The SMILES string of the molecule is CCOC(=O)C1CCCN(C(=O)CCS(=O)(=O)c2ccccc2)C1. The summed E-state index contributed by atoms with van der Waals surface area (Å²) >= 11 is 0. The number of nitrogens with zero attached hydrogens (tertiary/aromatic N) is 1. The van der Waals surface area contributed by atoms with E-state index in [4.69, 9.17) is 4.74 Å². The molecule has 0 spiro atoms. The molecule has 0 bridgehead atoms. The maximum absolute atomic E-state index is 12.3. The molecule has 0 aliphatic carbocycles. The van der Waals surface area contributed by atoms with E-state index in [9.17, 15) is 18.0 Å². The molecule has 1 aliphatic rings. The van der Waals surface area contributed by atoms with Crippen molar-refractivity contribution in [3.8, 4) is 0 Å². The molecule has 1 atom stereocenters. The summed E-state index contributed by atoms with van der Waals surface area (Å²) in [7, 11) is -3.47. The summed E-state index contributed by atoms with van der Waals surface area (Å²) in [5.74, 6) is -1.06. The van der Waals surface area contributed by atoms with E-state index in [0.29, 0.717) is 26.1 Å². The van der Waals surface area contributed by atoms with Crippen molar-refractivity contribution in [2.75, 3.05) is 25.4 Å². The predicted molar refractivity (Wildman–Crippen MR) is 89.0 cm³/mol. The number of carbonyl (C=O) groups is 2. The molecule has 132 valence electrons. The van der Waals surface area contributed by atoms with Crippen LogP contribution in [0.25, 0.3) is 0 Å². The van der Waals surface area contributed by atoms with Crippen molar-refractivity contribution < 1.29 is 22.7 Å². The van der Waals surface area contributed by atoms with Gasteiger partial charge in [-0.15, -0.1) is 0 Å². The van der Waals surface area contributed by atoms with Gasteiger partial charge in [-0.25, -0.2) is 8.42 Å². The summed E-state index contributed by atoms with van der Waals surface area (Å²) in [5.41, 5.74) is 0. The Balaban J connectivity index is 1.91. The molecular formula is C17H23NO5S. The summed E-state index contributed by atoms with van der Waals surface area (Å²) in [4.78, 5) is 25.9. The average molecular weight is 353 g/mol. The number of rotatable bonds is 6. The molecule has 1 heterocycles. The lowest BCUT2D eigenvalue weighted by molar-refractivity contribution is -0.151. The Labute approximate surface area is 142 Å². The van der Waals surface area contributed by atoms with E-state index in [1.165, 1.54) is 12.1 Å². The zero-order valence-electron chi connectivity index (χ0n) is 13.8. The number of piperidine rings is 1. The Morgan fingerprint density at radius 2 is 1.96 bits per heavy atom. The van der Waals surface area contributed by atoms with E-state index < -0.39 is 9.84 Å². The summed E-state index contributed by atoms with van der Waals surface area (Å²) < 4.78 is 29.5. The second-order valence-electron chi connectivity index (χ2n) is 5.81. The van der Waals surface area contributed by atoms with Gasteiger partial charge in [-0.05, 0) is 31.9 Å². The van der Waals surface area contributed by atoms with Crippen molar-refractivity contribution >= 4 is 21.7 Å². The van der Waals surface area contributed by atoms with Crippen LogP contribution >= 0.6 is 0 Å². The van der Waals surface area contributed by atoms with Crippen LogP contribution in [0.2, 0.25) is 0 Å². The van der Waals surface area contributed by atoms with E-state index in [2.05, 4.69) is 0 Å². The highest BCUT2D eigenvalue weighted by molar-refractivity contribution is 7.91. The van der Waals surface area contributed by atoms with Crippen molar-refractivity contribution in [3.63, 3.8) is 0 Å². The summed E-state index contributed by atoms with van der Waals surface area (Å²) in [6.45, 7) is 2.93. The highest BCUT2D eigenvalue weighted by Crippen LogP contribution is 2.19. The van der Waals surface area contributed by atoms with Gasteiger partial charge in [-0.1, -0.05) is 18.2 Å². The fraction of sp³-hybridized carbons (Fsp3) is 0.529. The molecule has 6 nitrogen and oxygen atoms in total. The maximum atomic E-state index is 12.3. The molecule has 1 aromatic carbocycles. The lowest BCUT2D eigenvalue weighted by Gasteiger charge is -2.31. The molecule has 1 aromatic rings. The Kier molecular flexibility index (Phi) is 6.36. The van der Waals surface area contributed by atoms with Crippen LogP contribution in [0.15, 0.2) is 35.2 Å².